The molecule has 3 rings (SSSR count). The van der Waals surface area contributed by atoms with Crippen LogP contribution in [0.2, 0.25) is 0 Å². The van der Waals surface area contributed by atoms with Crippen LogP contribution in [-0.2, 0) is 0 Å². The Balaban J connectivity index is 1.90. The summed E-state index contributed by atoms with van der Waals surface area (Å²) >= 11 is 0. The second-order valence-electron chi connectivity index (χ2n) is 5.38. The van der Waals surface area contributed by atoms with E-state index in [1.165, 1.54) is 11.1 Å². The van der Waals surface area contributed by atoms with Crippen LogP contribution in [0.25, 0.3) is 11.3 Å². The smallest absolute Gasteiger partial charge is 0.0701 e. The first-order valence-corrected chi connectivity index (χ1v) is 7.65. The van der Waals surface area contributed by atoms with Crippen molar-refractivity contribution in [3.8, 4) is 11.3 Å². The van der Waals surface area contributed by atoms with Gasteiger partial charge in [-0.3, -0.25) is 4.98 Å². The molecular formula is C20H20N2. The summed E-state index contributed by atoms with van der Waals surface area (Å²) in [5.74, 6) is 0.351. The van der Waals surface area contributed by atoms with Crippen molar-refractivity contribution in [2.75, 3.05) is 6.54 Å². The van der Waals surface area contributed by atoms with Crippen molar-refractivity contribution >= 4 is 0 Å². The van der Waals surface area contributed by atoms with Gasteiger partial charge in [0.15, 0.2) is 0 Å². The minimum atomic E-state index is 0.351. The molecule has 110 valence electrons. The first-order valence-electron chi connectivity index (χ1n) is 7.65. The van der Waals surface area contributed by atoms with Gasteiger partial charge in [0.25, 0.3) is 0 Å². The molecule has 2 nitrogen and oxygen atoms in total. The average Bonchev–Trinajstić information content (AvgIpc) is 2.61. The molecule has 0 aliphatic carbocycles. The van der Waals surface area contributed by atoms with E-state index in [0.29, 0.717) is 12.5 Å². The zero-order valence-electron chi connectivity index (χ0n) is 12.5. The fraction of sp³-hybridized carbons (Fsp3) is 0.150. The number of rotatable bonds is 5. The van der Waals surface area contributed by atoms with Gasteiger partial charge in [0.1, 0.15) is 0 Å². The normalized spacial score (nSPS) is 12.0. The Morgan fingerprint density at radius 2 is 1.45 bits per heavy atom. The van der Waals surface area contributed by atoms with E-state index in [9.17, 15) is 0 Å². The van der Waals surface area contributed by atoms with Crippen molar-refractivity contribution < 1.29 is 0 Å². The van der Waals surface area contributed by atoms with Crippen molar-refractivity contribution in [1.82, 2.24) is 4.98 Å². The molecule has 0 fully saturated rings. The van der Waals surface area contributed by atoms with Crippen molar-refractivity contribution in [2.45, 2.75) is 12.3 Å². The topological polar surface area (TPSA) is 38.9 Å². The Labute approximate surface area is 131 Å². The van der Waals surface area contributed by atoms with Gasteiger partial charge in [0.2, 0.25) is 0 Å². The number of hydrogen-bond donors (Lipinski definition) is 1. The molecule has 1 aromatic heterocycles. The molecule has 1 heterocycles. The van der Waals surface area contributed by atoms with Crippen molar-refractivity contribution in [3.63, 3.8) is 0 Å². The molecule has 22 heavy (non-hydrogen) atoms. The van der Waals surface area contributed by atoms with Crippen LogP contribution in [0.1, 0.15) is 23.5 Å². The summed E-state index contributed by atoms with van der Waals surface area (Å²) in [4.78, 5) is 4.40. The lowest BCUT2D eigenvalue weighted by atomic mass is 9.88. The van der Waals surface area contributed by atoms with E-state index in [0.717, 1.165) is 17.7 Å². The summed E-state index contributed by atoms with van der Waals surface area (Å²) in [5, 5.41) is 0. The van der Waals surface area contributed by atoms with Gasteiger partial charge in [-0.1, -0.05) is 60.7 Å². The van der Waals surface area contributed by atoms with Gasteiger partial charge in [-0.2, -0.15) is 0 Å². The Morgan fingerprint density at radius 3 is 2.09 bits per heavy atom. The van der Waals surface area contributed by atoms with Crippen LogP contribution in [0.3, 0.4) is 0 Å². The monoisotopic (exact) mass is 288 g/mol. The highest BCUT2D eigenvalue weighted by Crippen LogP contribution is 2.29. The molecule has 2 heteroatoms. The lowest BCUT2D eigenvalue weighted by molar-refractivity contribution is 0.726. The van der Waals surface area contributed by atoms with Crippen LogP contribution in [-0.4, -0.2) is 11.5 Å². The van der Waals surface area contributed by atoms with Crippen LogP contribution < -0.4 is 5.73 Å². The molecular weight excluding hydrogens is 268 g/mol. The Bertz CT molecular complexity index is 691. The number of aromatic nitrogens is 1. The molecule has 0 saturated heterocycles. The molecule has 0 bridgehead atoms. The zero-order valence-corrected chi connectivity index (χ0v) is 12.5. The van der Waals surface area contributed by atoms with Crippen molar-refractivity contribution in [2.24, 2.45) is 5.73 Å². The summed E-state index contributed by atoms with van der Waals surface area (Å²) < 4.78 is 0. The number of nitrogens with two attached hydrogens (primary N) is 1. The fourth-order valence-corrected chi connectivity index (χ4v) is 2.80. The Morgan fingerprint density at radius 1 is 0.773 bits per heavy atom. The number of benzene rings is 2. The number of hydrogen-bond acceptors (Lipinski definition) is 2. The molecule has 2 aromatic carbocycles. The van der Waals surface area contributed by atoms with E-state index in [1.54, 1.807) is 0 Å². The van der Waals surface area contributed by atoms with Crippen LogP contribution in [0.15, 0.2) is 79.0 Å². The van der Waals surface area contributed by atoms with Crippen molar-refractivity contribution in [1.29, 1.82) is 0 Å². The molecule has 2 N–H and O–H groups in total. The third-order valence-electron chi connectivity index (χ3n) is 3.93. The predicted octanol–water partition coefficient (Wildman–Crippen LogP) is 4.23. The van der Waals surface area contributed by atoms with E-state index in [4.69, 9.17) is 5.73 Å². The van der Waals surface area contributed by atoms with Gasteiger partial charge < -0.3 is 5.73 Å². The summed E-state index contributed by atoms with van der Waals surface area (Å²) in [7, 11) is 0. The molecule has 0 spiro atoms. The fourth-order valence-electron chi connectivity index (χ4n) is 2.80. The molecule has 1 unspecified atom stereocenters. The molecule has 0 aliphatic heterocycles. The first-order chi connectivity index (χ1) is 10.9. The second-order valence-corrected chi connectivity index (χ2v) is 5.38. The minimum Gasteiger partial charge on any atom is -0.330 e. The summed E-state index contributed by atoms with van der Waals surface area (Å²) in [5.41, 5.74) is 10.6. The summed E-state index contributed by atoms with van der Waals surface area (Å²) in [6, 6.07) is 25.2. The van der Waals surface area contributed by atoms with Crippen LogP contribution in [0.5, 0.6) is 0 Å². The lowest BCUT2D eigenvalue weighted by Gasteiger charge is -2.17. The maximum atomic E-state index is 5.82. The largest absolute Gasteiger partial charge is 0.330 e. The molecule has 0 radical (unpaired) electrons. The number of nitrogens with zero attached hydrogens (tertiary/aromatic N) is 1. The predicted molar refractivity (Wildman–Crippen MR) is 91.6 cm³/mol. The Hall–Kier alpha value is -2.45. The quantitative estimate of drug-likeness (QED) is 0.763. The highest BCUT2D eigenvalue weighted by Gasteiger charge is 2.13. The lowest BCUT2D eigenvalue weighted by Crippen LogP contribution is -2.08. The van der Waals surface area contributed by atoms with Crippen LogP contribution in [0, 0.1) is 0 Å². The van der Waals surface area contributed by atoms with Gasteiger partial charge in [0, 0.05) is 17.7 Å². The Kier molecular flexibility index (Phi) is 4.62. The summed E-state index contributed by atoms with van der Waals surface area (Å²) in [6.07, 6.45) is 2.78. The molecule has 0 saturated carbocycles. The second kappa shape index (κ2) is 7.01. The van der Waals surface area contributed by atoms with E-state index < -0.39 is 0 Å². The first kappa shape index (κ1) is 14.5. The number of pyridine rings is 1. The molecule has 0 amide bonds. The van der Waals surface area contributed by atoms with E-state index in [1.807, 2.05) is 30.5 Å². The summed E-state index contributed by atoms with van der Waals surface area (Å²) in [6.45, 7) is 0.682. The maximum Gasteiger partial charge on any atom is 0.0701 e. The third-order valence-corrected chi connectivity index (χ3v) is 3.93. The van der Waals surface area contributed by atoms with Crippen LogP contribution >= 0.6 is 0 Å². The minimum absolute atomic E-state index is 0.351. The van der Waals surface area contributed by atoms with E-state index >= 15 is 0 Å². The maximum absolute atomic E-state index is 5.82. The van der Waals surface area contributed by atoms with Gasteiger partial charge in [-0.15, -0.1) is 0 Å². The van der Waals surface area contributed by atoms with E-state index in [2.05, 4.69) is 53.5 Å². The SMILES string of the molecule is NCCC(c1ccccc1)c1ccc(-c2ccccn2)cc1. The highest BCUT2D eigenvalue weighted by atomic mass is 14.7. The zero-order chi connectivity index (χ0) is 15.2. The van der Waals surface area contributed by atoms with Gasteiger partial charge in [0.05, 0.1) is 5.69 Å². The van der Waals surface area contributed by atoms with E-state index in [-0.39, 0.29) is 0 Å². The van der Waals surface area contributed by atoms with Gasteiger partial charge >= 0.3 is 0 Å². The molecule has 0 aliphatic rings. The van der Waals surface area contributed by atoms with Gasteiger partial charge in [-0.05, 0) is 36.2 Å². The molecule has 3 aromatic rings. The van der Waals surface area contributed by atoms with Crippen molar-refractivity contribution in [3.05, 3.63) is 90.1 Å². The standard InChI is InChI=1S/C20H20N2/c21-14-13-19(16-6-2-1-3-7-16)17-9-11-18(12-10-17)20-8-4-5-15-22-20/h1-12,15,19H,13-14,21H2. The molecule has 1 atom stereocenters. The third kappa shape index (κ3) is 3.23. The van der Waals surface area contributed by atoms with Crippen LogP contribution in [0.4, 0.5) is 0 Å². The van der Waals surface area contributed by atoms with Gasteiger partial charge in [-0.25, -0.2) is 0 Å². The highest BCUT2D eigenvalue weighted by molar-refractivity contribution is 5.59. The average molecular weight is 288 g/mol.